The van der Waals surface area contributed by atoms with E-state index in [-0.39, 0.29) is 24.0 Å². The second kappa shape index (κ2) is 12.5. The molecule has 174 valence electrons. The number of aliphatic imine (C=N–C) groups is 1. The fourth-order valence-electron chi connectivity index (χ4n) is 3.34. The summed E-state index contributed by atoms with van der Waals surface area (Å²) in [6.07, 6.45) is 0. The second-order valence-corrected chi connectivity index (χ2v) is 8.43. The number of nitrogens with one attached hydrogen (secondary N) is 2. The molecule has 31 heavy (non-hydrogen) atoms. The number of aliphatic hydroxyl groups is 1. The SMILES string of the molecule is CCNC(=NCc1ccccc1CN(C)C(C)C)NCC(C)(O)c1cc(C)oc1C.I. The van der Waals surface area contributed by atoms with Crippen molar-refractivity contribution >= 4 is 29.9 Å². The molecule has 0 aliphatic carbocycles. The highest BCUT2D eigenvalue weighted by Crippen LogP contribution is 2.26. The standard InChI is InChI=1S/C24H38N4O2.HI/c1-8-25-23(27-16-24(6,29)22-13-18(4)30-19(22)5)26-14-20-11-9-10-12-21(20)15-28(7)17(2)3;/h9-13,17,29H,8,14-16H2,1-7H3,(H2,25,26,27);1H. The average molecular weight is 543 g/mol. The van der Waals surface area contributed by atoms with Crippen LogP contribution in [0.1, 0.15) is 55.9 Å². The van der Waals surface area contributed by atoms with Crippen molar-refractivity contribution in [3.63, 3.8) is 0 Å². The van der Waals surface area contributed by atoms with Crippen LogP contribution in [0.15, 0.2) is 39.7 Å². The molecule has 0 saturated carbocycles. The van der Waals surface area contributed by atoms with E-state index in [2.05, 4.69) is 60.7 Å². The largest absolute Gasteiger partial charge is 0.466 e. The van der Waals surface area contributed by atoms with Gasteiger partial charge in [0.25, 0.3) is 0 Å². The van der Waals surface area contributed by atoms with E-state index in [9.17, 15) is 5.11 Å². The van der Waals surface area contributed by atoms with Crippen molar-refractivity contribution in [2.45, 2.75) is 66.3 Å². The van der Waals surface area contributed by atoms with Gasteiger partial charge in [0.05, 0.1) is 13.1 Å². The highest BCUT2D eigenvalue weighted by molar-refractivity contribution is 14.0. The molecular weight excluding hydrogens is 503 g/mol. The topological polar surface area (TPSA) is 73.0 Å². The molecule has 0 aliphatic heterocycles. The Balaban J connectivity index is 0.00000480. The monoisotopic (exact) mass is 542 g/mol. The first kappa shape index (κ1) is 27.5. The molecule has 2 rings (SSSR count). The third-order valence-electron chi connectivity index (χ3n) is 5.39. The van der Waals surface area contributed by atoms with Gasteiger partial charge >= 0.3 is 0 Å². The van der Waals surface area contributed by atoms with Crippen LogP contribution in [0.25, 0.3) is 0 Å². The van der Waals surface area contributed by atoms with Crippen LogP contribution in [0.2, 0.25) is 0 Å². The Morgan fingerprint density at radius 3 is 2.39 bits per heavy atom. The van der Waals surface area contributed by atoms with Gasteiger partial charge in [-0.1, -0.05) is 24.3 Å². The summed E-state index contributed by atoms with van der Waals surface area (Å²) in [6.45, 7) is 14.5. The molecule has 0 amide bonds. The first-order chi connectivity index (χ1) is 14.1. The number of halogens is 1. The summed E-state index contributed by atoms with van der Waals surface area (Å²) >= 11 is 0. The summed E-state index contributed by atoms with van der Waals surface area (Å²) in [5, 5.41) is 17.5. The predicted octanol–water partition coefficient (Wildman–Crippen LogP) is 4.32. The van der Waals surface area contributed by atoms with Gasteiger partial charge in [-0.3, -0.25) is 4.90 Å². The maximum absolute atomic E-state index is 11.0. The van der Waals surface area contributed by atoms with Gasteiger partial charge in [0.2, 0.25) is 0 Å². The van der Waals surface area contributed by atoms with Crippen molar-refractivity contribution in [3.05, 3.63) is 58.5 Å². The van der Waals surface area contributed by atoms with E-state index in [0.29, 0.717) is 25.1 Å². The van der Waals surface area contributed by atoms with E-state index in [1.165, 1.54) is 11.1 Å². The Labute approximate surface area is 204 Å². The summed E-state index contributed by atoms with van der Waals surface area (Å²) in [6, 6.07) is 10.8. The van der Waals surface area contributed by atoms with Crippen molar-refractivity contribution in [3.8, 4) is 0 Å². The van der Waals surface area contributed by atoms with E-state index >= 15 is 0 Å². The normalized spacial score (nSPS) is 13.8. The molecule has 0 aliphatic rings. The number of rotatable bonds is 9. The quantitative estimate of drug-likeness (QED) is 0.250. The molecule has 1 heterocycles. The van der Waals surface area contributed by atoms with Gasteiger partial charge in [-0.2, -0.15) is 0 Å². The van der Waals surface area contributed by atoms with Crippen molar-refractivity contribution in [2.24, 2.45) is 4.99 Å². The van der Waals surface area contributed by atoms with E-state index in [1.807, 2.05) is 26.8 Å². The fourth-order valence-corrected chi connectivity index (χ4v) is 3.34. The number of nitrogens with zero attached hydrogens (tertiary/aromatic N) is 2. The van der Waals surface area contributed by atoms with Crippen LogP contribution in [0.3, 0.4) is 0 Å². The number of hydrogen-bond donors (Lipinski definition) is 3. The summed E-state index contributed by atoms with van der Waals surface area (Å²) in [7, 11) is 2.14. The van der Waals surface area contributed by atoms with Crippen molar-refractivity contribution in [2.75, 3.05) is 20.1 Å². The molecule has 1 unspecified atom stereocenters. The number of aryl methyl sites for hydroxylation is 2. The molecule has 2 aromatic rings. The summed E-state index contributed by atoms with van der Waals surface area (Å²) in [4.78, 5) is 7.08. The van der Waals surface area contributed by atoms with Gasteiger partial charge in [-0.05, 0) is 65.8 Å². The summed E-state index contributed by atoms with van der Waals surface area (Å²) in [5.41, 5.74) is 2.22. The van der Waals surface area contributed by atoms with Gasteiger partial charge < -0.3 is 20.2 Å². The van der Waals surface area contributed by atoms with Crippen molar-refractivity contribution in [1.82, 2.24) is 15.5 Å². The Hall–Kier alpha value is -1.58. The average Bonchev–Trinajstić information content (AvgIpc) is 3.04. The highest BCUT2D eigenvalue weighted by Gasteiger charge is 2.27. The Bertz CT molecular complexity index is 846. The molecule has 7 heteroatoms. The Kier molecular flexibility index (Phi) is 11.0. The molecule has 0 bridgehead atoms. The van der Waals surface area contributed by atoms with Crippen LogP contribution < -0.4 is 10.6 Å². The minimum atomic E-state index is -1.06. The zero-order chi connectivity index (χ0) is 22.3. The third kappa shape index (κ3) is 8.12. The predicted molar refractivity (Wildman–Crippen MR) is 139 cm³/mol. The second-order valence-electron chi connectivity index (χ2n) is 8.43. The minimum absolute atomic E-state index is 0. The van der Waals surface area contributed by atoms with Gasteiger partial charge in [0, 0.05) is 24.7 Å². The molecule has 0 fully saturated rings. The lowest BCUT2D eigenvalue weighted by Crippen LogP contribution is -2.44. The van der Waals surface area contributed by atoms with Crippen LogP contribution in [-0.4, -0.2) is 42.1 Å². The van der Waals surface area contributed by atoms with Gasteiger partial charge in [0.1, 0.15) is 17.1 Å². The first-order valence-electron chi connectivity index (χ1n) is 10.7. The molecule has 1 aromatic carbocycles. The zero-order valence-electron chi connectivity index (χ0n) is 20.0. The lowest BCUT2D eigenvalue weighted by molar-refractivity contribution is 0.0601. The Morgan fingerprint density at radius 2 is 1.84 bits per heavy atom. The van der Waals surface area contributed by atoms with E-state index in [4.69, 9.17) is 9.41 Å². The highest BCUT2D eigenvalue weighted by atomic mass is 127. The van der Waals surface area contributed by atoms with Crippen LogP contribution in [0.5, 0.6) is 0 Å². The summed E-state index contributed by atoms with van der Waals surface area (Å²) in [5.74, 6) is 2.22. The lowest BCUT2D eigenvalue weighted by atomic mass is 9.96. The fraction of sp³-hybridized carbons (Fsp3) is 0.542. The van der Waals surface area contributed by atoms with Crippen LogP contribution >= 0.6 is 24.0 Å². The molecule has 1 aromatic heterocycles. The van der Waals surface area contributed by atoms with Crippen LogP contribution in [0.4, 0.5) is 0 Å². The van der Waals surface area contributed by atoms with E-state index in [1.54, 1.807) is 6.92 Å². The first-order valence-corrected chi connectivity index (χ1v) is 10.7. The van der Waals surface area contributed by atoms with Gasteiger partial charge in [-0.25, -0.2) is 4.99 Å². The molecule has 0 radical (unpaired) electrons. The number of hydrogen-bond acceptors (Lipinski definition) is 4. The van der Waals surface area contributed by atoms with Crippen LogP contribution in [0, 0.1) is 13.8 Å². The Morgan fingerprint density at radius 1 is 1.19 bits per heavy atom. The van der Waals surface area contributed by atoms with Crippen molar-refractivity contribution in [1.29, 1.82) is 0 Å². The van der Waals surface area contributed by atoms with Gasteiger partial charge in [0.15, 0.2) is 5.96 Å². The lowest BCUT2D eigenvalue weighted by Gasteiger charge is -2.25. The molecule has 1 atom stereocenters. The maximum atomic E-state index is 11.0. The van der Waals surface area contributed by atoms with E-state index < -0.39 is 5.60 Å². The molecule has 0 spiro atoms. The maximum Gasteiger partial charge on any atom is 0.191 e. The molecule has 3 N–H and O–H groups in total. The van der Waals surface area contributed by atoms with Crippen molar-refractivity contribution < 1.29 is 9.52 Å². The molecule has 6 nitrogen and oxygen atoms in total. The zero-order valence-corrected chi connectivity index (χ0v) is 22.3. The smallest absolute Gasteiger partial charge is 0.191 e. The van der Waals surface area contributed by atoms with Crippen LogP contribution in [-0.2, 0) is 18.7 Å². The number of benzene rings is 1. The number of guanidine groups is 1. The minimum Gasteiger partial charge on any atom is -0.466 e. The molecule has 0 saturated heterocycles. The van der Waals surface area contributed by atoms with E-state index in [0.717, 1.165) is 30.2 Å². The third-order valence-corrected chi connectivity index (χ3v) is 5.39. The van der Waals surface area contributed by atoms with Gasteiger partial charge in [-0.15, -0.1) is 24.0 Å². The summed E-state index contributed by atoms with van der Waals surface area (Å²) < 4.78 is 5.58. The molecular formula is C24H39IN4O2. The number of furan rings is 1.